The fourth-order valence-corrected chi connectivity index (χ4v) is 2.65. The number of thioether (sulfide) groups is 1. The van der Waals surface area contributed by atoms with Crippen molar-refractivity contribution in [3.63, 3.8) is 0 Å². The highest BCUT2D eigenvalue weighted by Gasteiger charge is 2.04. The number of halogens is 1. The molecule has 7 heteroatoms. The van der Waals surface area contributed by atoms with Crippen molar-refractivity contribution in [2.24, 2.45) is 5.73 Å². The van der Waals surface area contributed by atoms with Gasteiger partial charge in [-0.2, -0.15) is 0 Å². The molecule has 4 N–H and O–H groups in total. The van der Waals surface area contributed by atoms with Crippen molar-refractivity contribution in [1.29, 1.82) is 0 Å². The molecule has 0 heterocycles. The Kier molecular flexibility index (Phi) is 5.99. The van der Waals surface area contributed by atoms with E-state index in [1.807, 2.05) is 0 Å². The van der Waals surface area contributed by atoms with Gasteiger partial charge in [-0.3, -0.25) is 4.79 Å². The molecule has 0 atom stereocenters. The quantitative estimate of drug-likeness (QED) is 0.708. The summed E-state index contributed by atoms with van der Waals surface area (Å²) in [6.07, 6.45) is 0.337. The first-order chi connectivity index (χ1) is 11.0. The zero-order chi connectivity index (χ0) is 16.7. The molecule has 0 saturated carbocycles. The van der Waals surface area contributed by atoms with Crippen LogP contribution in [0.4, 0.5) is 20.6 Å². The Morgan fingerprint density at radius 3 is 2.09 bits per heavy atom. The van der Waals surface area contributed by atoms with Crippen LogP contribution in [0.5, 0.6) is 0 Å². The fourth-order valence-electron chi connectivity index (χ4n) is 1.80. The maximum atomic E-state index is 12.8. The minimum Gasteiger partial charge on any atom is -0.351 e. The summed E-state index contributed by atoms with van der Waals surface area (Å²) in [5, 5.41) is 5.20. The Balaban J connectivity index is 1.76. The van der Waals surface area contributed by atoms with Gasteiger partial charge in [0.15, 0.2) is 0 Å². The Morgan fingerprint density at radius 1 is 0.957 bits per heavy atom. The third-order valence-corrected chi connectivity index (χ3v) is 3.86. The number of nitrogens with one attached hydrogen (secondary N) is 2. The van der Waals surface area contributed by atoms with E-state index in [2.05, 4.69) is 10.6 Å². The summed E-state index contributed by atoms with van der Waals surface area (Å²) >= 11 is 1.49. The summed E-state index contributed by atoms with van der Waals surface area (Å²) in [4.78, 5) is 23.5. The van der Waals surface area contributed by atoms with Crippen molar-refractivity contribution in [2.75, 3.05) is 16.4 Å². The normalized spacial score (nSPS) is 10.1. The Hall–Kier alpha value is -2.54. The van der Waals surface area contributed by atoms with Gasteiger partial charge in [-0.05, 0) is 48.5 Å². The van der Waals surface area contributed by atoms with Crippen molar-refractivity contribution in [3.05, 3.63) is 54.3 Å². The number of urea groups is 1. The van der Waals surface area contributed by atoms with E-state index in [1.165, 1.54) is 23.9 Å². The lowest BCUT2D eigenvalue weighted by atomic mass is 10.2. The number of hydrogen-bond acceptors (Lipinski definition) is 3. The first kappa shape index (κ1) is 16.8. The average Bonchev–Trinajstić information content (AvgIpc) is 2.51. The Morgan fingerprint density at radius 2 is 1.52 bits per heavy atom. The van der Waals surface area contributed by atoms with Crippen LogP contribution in [0.3, 0.4) is 0 Å². The molecule has 0 saturated heterocycles. The van der Waals surface area contributed by atoms with E-state index in [0.717, 1.165) is 4.90 Å². The summed E-state index contributed by atoms with van der Waals surface area (Å²) in [5.41, 5.74) is 6.21. The third-order valence-electron chi connectivity index (χ3n) is 2.85. The molecule has 3 amide bonds. The Bertz CT molecular complexity index is 675. The van der Waals surface area contributed by atoms with Crippen molar-refractivity contribution < 1.29 is 14.0 Å². The molecule has 0 radical (unpaired) electrons. The smallest absolute Gasteiger partial charge is 0.316 e. The molecule has 0 aliphatic carbocycles. The monoisotopic (exact) mass is 333 g/mol. The lowest BCUT2D eigenvalue weighted by Gasteiger charge is -2.07. The van der Waals surface area contributed by atoms with E-state index < -0.39 is 6.03 Å². The van der Waals surface area contributed by atoms with E-state index in [4.69, 9.17) is 5.73 Å². The predicted octanol–water partition coefficient (Wildman–Crippen LogP) is 3.44. The van der Waals surface area contributed by atoms with Crippen LogP contribution < -0.4 is 16.4 Å². The Labute approximate surface area is 137 Å². The molecule has 120 valence electrons. The van der Waals surface area contributed by atoms with Crippen LogP contribution in [0.25, 0.3) is 0 Å². The third kappa shape index (κ3) is 5.99. The number of benzene rings is 2. The molecular weight excluding hydrogens is 317 g/mol. The molecule has 0 spiro atoms. The van der Waals surface area contributed by atoms with Gasteiger partial charge in [0.05, 0.1) is 0 Å². The van der Waals surface area contributed by atoms with Crippen molar-refractivity contribution >= 4 is 35.1 Å². The highest BCUT2D eigenvalue weighted by Crippen LogP contribution is 2.19. The van der Waals surface area contributed by atoms with Crippen LogP contribution in [-0.2, 0) is 4.79 Å². The number of nitrogens with two attached hydrogens (primary N) is 1. The van der Waals surface area contributed by atoms with E-state index in [1.54, 1.807) is 36.4 Å². The molecule has 23 heavy (non-hydrogen) atoms. The summed E-state index contributed by atoms with van der Waals surface area (Å²) in [5.74, 6) is 0.204. The second-order valence-corrected chi connectivity index (χ2v) is 5.84. The van der Waals surface area contributed by atoms with Gasteiger partial charge in [-0.25, -0.2) is 9.18 Å². The molecule has 0 aliphatic heterocycles. The zero-order valence-corrected chi connectivity index (χ0v) is 13.0. The molecule has 0 bridgehead atoms. The number of hydrogen-bond donors (Lipinski definition) is 3. The van der Waals surface area contributed by atoms with Crippen LogP contribution in [0.2, 0.25) is 0 Å². The van der Waals surface area contributed by atoms with Gasteiger partial charge in [0.25, 0.3) is 0 Å². The topological polar surface area (TPSA) is 84.2 Å². The van der Waals surface area contributed by atoms with Gasteiger partial charge in [0, 0.05) is 28.4 Å². The number of carbonyl (C=O) groups is 2. The molecule has 0 unspecified atom stereocenters. The minimum atomic E-state index is -0.639. The highest BCUT2D eigenvalue weighted by molar-refractivity contribution is 7.99. The summed E-state index contributed by atoms with van der Waals surface area (Å²) < 4.78 is 12.8. The van der Waals surface area contributed by atoms with Gasteiger partial charge in [0.1, 0.15) is 5.82 Å². The molecule has 2 rings (SSSR count). The molecule has 5 nitrogen and oxygen atoms in total. The second-order valence-electron chi connectivity index (χ2n) is 4.67. The second kappa shape index (κ2) is 8.19. The first-order valence-electron chi connectivity index (χ1n) is 6.87. The zero-order valence-electron chi connectivity index (χ0n) is 12.2. The number of anilines is 2. The molecule has 0 fully saturated rings. The van der Waals surface area contributed by atoms with E-state index in [9.17, 15) is 14.0 Å². The van der Waals surface area contributed by atoms with Gasteiger partial charge < -0.3 is 16.4 Å². The van der Waals surface area contributed by atoms with Gasteiger partial charge in [-0.15, -0.1) is 11.8 Å². The van der Waals surface area contributed by atoms with Crippen molar-refractivity contribution in [1.82, 2.24) is 0 Å². The van der Waals surface area contributed by atoms with Crippen LogP contribution in [0, 0.1) is 5.82 Å². The van der Waals surface area contributed by atoms with Crippen molar-refractivity contribution in [2.45, 2.75) is 11.3 Å². The lowest BCUT2D eigenvalue weighted by Crippen LogP contribution is -2.19. The summed E-state index contributed by atoms with van der Waals surface area (Å²) in [6, 6.07) is 12.2. The molecule has 2 aromatic carbocycles. The number of primary amides is 1. The van der Waals surface area contributed by atoms with E-state index in [-0.39, 0.29) is 11.7 Å². The molecule has 0 aliphatic rings. The van der Waals surface area contributed by atoms with Gasteiger partial charge in [-0.1, -0.05) is 0 Å². The van der Waals surface area contributed by atoms with Crippen LogP contribution >= 0.6 is 11.8 Å². The van der Waals surface area contributed by atoms with E-state index in [0.29, 0.717) is 23.5 Å². The predicted molar refractivity (Wildman–Crippen MR) is 90.0 cm³/mol. The van der Waals surface area contributed by atoms with Crippen LogP contribution in [0.1, 0.15) is 6.42 Å². The summed E-state index contributed by atoms with van der Waals surface area (Å²) in [7, 11) is 0. The number of rotatable bonds is 6. The van der Waals surface area contributed by atoms with Crippen LogP contribution in [0.15, 0.2) is 53.4 Å². The SMILES string of the molecule is NC(=O)Nc1ccc(NC(=O)CCSc2ccc(F)cc2)cc1. The molecule has 2 aromatic rings. The fraction of sp³-hybridized carbons (Fsp3) is 0.125. The minimum absolute atomic E-state index is 0.116. The van der Waals surface area contributed by atoms with Gasteiger partial charge in [0.2, 0.25) is 5.91 Å². The maximum absolute atomic E-state index is 12.8. The van der Waals surface area contributed by atoms with Gasteiger partial charge >= 0.3 is 6.03 Å². The average molecular weight is 333 g/mol. The molecular formula is C16H16FN3O2S. The number of carbonyl (C=O) groups excluding carboxylic acids is 2. The molecule has 0 aromatic heterocycles. The largest absolute Gasteiger partial charge is 0.351 e. The first-order valence-corrected chi connectivity index (χ1v) is 7.86. The van der Waals surface area contributed by atoms with E-state index >= 15 is 0 Å². The lowest BCUT2D eigenvalue weighted by molar-refractivity contribution is -0.115. The maximum Gasteiger partial charge on any atom is 0.316 e. The number of amides is 3. The van der Waals surface area contributed by atoms with Crippen molar-refractivity contribution in [3.8, 4) is 0 Å². The summed E-state index contributed by atoms with van der Waals surface area (Å²) in [6.45, 7) is 0. The van der Waals surface area contributed by atoms with Crippen LogP contribution in [-0.4, -0.2) is 17.7 Å². The standard InChI is InChI=1S/C16H16FN3O2S/c17-11-1-7-14(8-2-11)23-10-9-15(21)19-12-3-5-13(6-4-12)20-16(18)22/h1-8H,9-10H2,(H,19,21)(H3,18,20,22). The highest BCUT2D eigenvalue weighted by atomic mass is 32.2.